The van der Waals surface area contributed by atoms with Crippen molar-refractivity contribution in [3.05, 3.63) is 72.1 Å². The molecule has 8 heteroatoms. The van der Waals surface area contributed by atoms with Gasteiger partial charge in [-0.25, -0.2) is 0 Å². The van der Waals surface area contributed by atoms with Crippen molar-refractivity contribution in [1.29, 1.82) is 0 Å². The van der Waals surface area contributed by atoms with Gasteiger partial charge in [0.15, 0.2) is 0 Å². The molecule has 1 aliphatic rings. The third kappa shape index (κ3) is 6.91. The molecule has 5 atom stereocenters. The molecule has 6 nitrogen and oxygen atoms in total. The maximum atomic E-state index is 12.4. The van der Waals surface area contributed by atoms with Crippen molar-refractivity contribution in [2.45, 2.75) is 71.1 Å². The van der Waals surface area contributed by atoms with Crippen LogP contribution in [0.3, 0.4) is 0 Å². The number of H-pyrrole nitrogens is 1. The Morgan fingerprint density at radius 3 is 2.51 bits per heavy atom. The summed E-state index contributed by atoms with van der Waals surface area (Å²) in [7, 11) is 2.55. The van der Waals surface area contributed by atoms with Crippen molar-refractivity contribution in [2.24, 2.45) is 11.1 Å². The average Bonchev–Trinajstić information content (AvgIpc) is 3.46. The summed E-state index contributed by atoms with van der Waals surface area (Å²) in [5.74, 6) is 0.218. The van der Waals surface area contributed by atoms with Crippen LogP contribution in [0.5, 0.6) is 0 Å². The van der Waals surface area contributed by atoms with Crippen LogP contribution in [0.4, 0.5) is 0 Å². The zero-order valence-corrected chi connectivity index (χ0v) is 26.2. The van der Waals surface area contributed by atoms with E-state index in [4.69, 9.17) is 5.73 Å². The molecule has 2 aromatic carbocycles. The first-order valence-electron chi connectivity index (χ1n) is 12.6. The Balaban J connectivity index is 0.000000201. The van der Waals surface area contributed by atoms with E-state index in [2.05, 4.69) is 45.3 Å². The van der Waals surface area contributed by atoms with Gasteiger partial charge in [-0.05, 0) is 66.4 Å². The summed E-state index contributed by atoms with van der Waals surface area (Å²) in [6.07, 6.45) is 6.78. The van der Waals surface area contributed by atoms with Crippen molar-refractivity contribution >= 4 is 37.1 Å². The summed E-state index contributed by atoms with van der Waals surface area (Å²) in [6.45, 7) is 7.93. The fraction of sp³-hybridized carbons (Fsp3) is 0.414. The van der Waals surface area contributed by atoms with Gasteiger partial charge >= 0.3 is 0 Å². The van der Waals surface area contributed by atoms with Gasteiger partial charge < -0.3 is 25.5 Å². The van der Waals surface area contributed by atoms with Gasteiger partial charge in [0.25, 0.3) is 0 Å². The van der Waals surface area contributed by atoms with E-state index in [1.165, 1.54) is 16.3 Å². The maximum absolute atomic E-state index is 12.4. The van der Waals surface area contributed by atoms with E-state index in [1.54, 1.807) is 4.67 Å². The Morgan fingerprint density at radius 2 is 1.86 bits per heavy atom. The van der Waals surface area contributed by atoms with Crippen LogP contribution in [-0.2, 0) is 50.3 Å². The molecule has 1 aliphatic heterocycles. The molecule has 1 unspecified atom stereocenters. The van der Waals surface area contributed by atoms with E-state index < -0.39 is 5.60 Å². The minimum absolute atomic E-state index is 0. The molecular formula is C29H38N4O2PY-. The van der Waals surface area contributed by atoms with E-state index in [1.807, 2.05) is 62.6 Å². The van der Waals surface area contributed by atoms with Crippen LogP contribution in [0.25, 0.3) is 21.8 Å². The van der Waals surface area contributed by atoms with Crippen LogP contribution >= 0.6 is 9.39 Å². The molecule has 0 spiro atoms. The van der Waals surface area contributed by atoms with E-state index in [0.717, 1.165) is 29.4 Å². The van der Waals surface area contributed by atoms with Crippen LogP contribution in [0.2, 0.25) is 0 Å². The molecule has 1 saturated heterocycles. The standard InChI is InChI=1S/C15H18N2OP.C14H20N2O.Y/c1-10-7-15(2,14(18)17(10)19)8-11-9-16-13-6-4-3-5-12(11)13;1-10(15)7-14(2,17)8-11-9-16-13-6-4-3-5-12(11)13;/h3-6,9-10H,7-8,19H2,1-2H3;3-6,9-10,16-17H,7-8,15H2,1-2H3;/q-1;;/t10-,15+;10-,14-;/m00./s1. The summed E-state index contributed by atoms with van der Waals surface area (Å²) in [5, 5.41) is 12.7. The van der Waals surface area contributed by atoms with Gasteiger partial charge in [0, 0.05) is 68.3 Å². The number of hydrogen-bond donors (Lipinski definition) is 3. The fourth-order valence-electron chi connectivity index (χ4n) is 5.59. The van der Waals surface area contributed by atoms with Crippen LogP contribution in [0, 0.1) is 5.41 Å². The van der Waals surface area contributed by atoms with E-state index >= 15 is 0 Å². The topological polar surface area (TPSA) is 96.5 Å². The predicted molar refractivity (Wildman–Crippen MR) is 151 cm³/mol. The van der Waals surface area contributed by atoms with Crippen molar-refractivity contribution < 1.29 is 42.6 Å². The second-order valence-corrected chi connectivity index (χ2v) is 11.6. The molecular weight excluding hydrogens is 556 g/mol. The Labute approximate surface area is 247 Å². The maximum Gasteiger partial charge on any atom is 0.231 e. The summed E-state index contributed by atoms with van der Waals surface area (Å²) in [6, 6.07) is 16.5. The fourth-order valence-corrected chi connectivity index (χ4v) is 6.00. The van der Waals surface area contributed by atoms with E-state index in [0.29, 0.717) is 12.8 Å². The number of para-hydroxylation sites is 2. The Morgan fingerprint density at radius 1 is 1.22 bits per heavy atom. The summed E-state index contributed by atoms with van der Waals surface area (Å²) in [4.78, 5) is 20.0. The number of aliphatic hydroxyl groups is 1. The van der Waals surface area contributed by atoms with Gasteiger partial charge in [0.1, 0.15) is 0 Å². The van der Waals surface area contributed by atoms with Crippen LogP contribution in [-0.4, -0.2) is 38.4 Å². The van der Waals surface area contributed by atoms with Crippen LogP contribution in [0.1, 0.15) is 51.7 Å². The number of nitrogens with two attached hydrogens (primary N) is 1. The molecule has 37 heavy (non-hydrogen) atoms. The Hall–Kier alpha value is -1.56. The molecule has 1 fully saturated rings. The number of amides is 1. The van der Waals surface area contributed by atoms with Crippen molar-refractivity contribution in [1.82, 2.24) is 14.6 Å². The number of nitrogens with one attached hydrogen (secondary N) is 1. The molecule has 0 saturated carbocycles. The van der Waals surface area contributed by atoms with Gasteiger partial charge in [-0.2, -0.15) is 6.20 Å². The largest absolute Gasteiger partial charge is 0.663 e. The van der Waals surface area contributed by atoms with E-state index in [9.17, 15) is 9.90 Å². The van der Waals surface area contributed by atoms with E-state index in [-0.39, 0.29) is 56.1 Å². The minimum Gasteiger partial charge on any atom is -0.663 e. The molecule has 3 heterocycles. The predicted octanol–water partition coefficient (Wildman–Crippen LogP) is 4.95. The van der Waals surface area contributed by atoms with Crippen molar-refractivity contribution in [3.8, 4) is 0 Å². The first-order valence-corrected chi connectivity index (χ1v) is 13.1. The summed E-state index contributed by atoms with van der Waals surface area (Å²) in [5.41, 5.74) is 9.15. The zero-order chi connectivity index (χ0) is 26.1. The molecule has 4 aromatic rings. The number of hydrogen-bond acceptors (Lipinski definition) is 3. The monoisotopic (exact) mass is 594 g/mol. The molecule has 195 valence electrons. The number of carbonyl (C=O) groups is 1. The normalized spacial score (nSPS) is 21.9. The Bertz CT molecular complexity index is 1350. The molecule has 5 rings (SSSR count). The third-order valence-corrected chi connectivity index (χ3v) is 7.91. The molecule has 0 aliphatic carbocycles. The number of aromatic nitrogens is 2. The van der Waals surface area contributed by atoms with Crippen LogP contribution in [0.15, 0.2) is 60.9 Å². The first-order chi connectivity index (χ1) is 17.0. The van der Waals surface area contributed by atoms with Crippen molar-refractivity contribution in [2.75, 3.05) is 0 Å². The number of rotatable bonds is 6. The number of fused-ring (bicyclic) bond motifs is 2. The average molecular weight is 595 g/mol. The number of nitrogens with zero attached hydrogens (tertiary/aromatic N) is 2. The SMILES string of the molecule is C[C@H](N)C[C@](C)(O)Cc1c[nH]c2ccccc12.C[C@H]1C[C@](C)(Cc2c[n-]c3ccccc23)C(=O)N1P.[Y]. The zero-order valence-electron chi connectivity index (χ0n) is 22.2. The minimum atomic E-state index is -0.751. The second kappa shape index (κ2) is 12.1. The second-order valence-electron chi connectivity index (χ2n) is 11.0. The van der Waals surface area contributed by atoms with Gasteiger partial charge in [-0.3, -0.25) is 4.79 Å². The first kappa shape index (κ1) is 30.0. The molecule has 1 radical (unpaired) electrons. The van der Waals surface area contributed by atoms with Crippen LogP contribution < -0.4 is 10.7 Å². The van der Waals surface area contributed by atoms with Gasteiger partial charge in [-0.15, -0.1) is 5.52 Å². The molecule has 0 bridgehead atoms. The van der Waals surface area contributed by atoms with Gasteiger partial charge in [0.2, 0.25) is 5.91 Å². The molecule has 4 N–H and O–H groups in total. The smallest absolute Gasteiger partial charge is 0.231 e. The quantitative estimate of drug-likeness (QED) is 0.275. The molecule has 1 amide bonds. The number of benzene rings is 2. The summed E-state index contributed by atoms with van der Waals surface area (Å²) < 4.78 is 1.79. The van der Waals surface area contributed by atoms with Gasteiger partial charge in [-0.1, -0.05) is 55.0 Å². The number of aromatic amines is 1. The summed E-state index contributed by atoms with van der Waals surface area (Å²) >= 11 is 0. The number of carbonyl (C=O) groups excluding carboxylic acids is 1. The van der Waals surface area contributed by atoms with Crippen molar-refractivity contribution in [3.63, 3.8) is 0 Å². The van der Waals surface area contributed by atoms with Gasteiger partial charge in [0.05, 0.1) is 11.0 Å². The Kier molecular flexibility index (Phi) is 9.80. The molecule has 2 aromatic heterocycles. The third-order valence-electron chi connectivity index (χ3n) is 7.17.